The van der Waals surface area contributed by atoms with Gasteiger partial charge in [0, 0.05) is 18.1 Å². The van der Waals surface area contributed by atoms with E-state index in [2.05, 4.69) is 0 Å². The molecule has 0 bridgehead atoms. The van der Waals surface area contributed by atoms with Crippen molar-refractivity contribution in [3.05, 3.63) is 47.5 Å². The van der Waals surface area contributed by atoms with Gasteiger partial charge in [0.25, 0.3) is 0 Å². The Morgan fingerprint density at radius 2 is 1.81 bits per heavy atom. The van der Waals surface area contributed by atoms with E-state index < -0.39 is 11.9 Å². The molecule has 0 atom stereocenters. The molecule has 21 heavy (non-hydrogen) atoms. The Morgan fingerprint density at radius 3 is 2.43 bits per heavy atom. The van der Waals surface area contributed by atoms with E-state index in [4.69, 9.17) is 9.84 Å². The minimum Gasteiger partial charge on any atom is -0.478 e. The minimum atomic E-state index is -1.12. The lowest BCUT2D eigenvalue weighted by atomic mass is 9.97. The second kappa shape index (κ2) is 7.62. The first kappa shape index (κ1) is 15.3. The molecule has 1 saturated carbocycles. The molecule has 1 aliphatic carbocycles. The quantitative estimate of drug-likeness (QED) is 0.668. The zero-order valence-corrected chi connectivity index (χ0v) is 12.0. The molecule has 0 aromatic heterocycles. The van der Waals surface area contributed by atoms with Gasteiger partial charge in [-0.25, -0.2) is 9.59 Å². The molecule has 0 spiro atoms. The molecule has 0 unspecified atom stereocenters. The normalized spacial score (nSPS) is 16.5. The largest absolute Gasteiger partial charge is 0.478 e. The Hall–Kier alpha value is -2.10. The van der Waals surface area contributed by atoms with E-state index >= 15 is 0 Å². The monoisotopic (exact) mass is 288 g/mol. The van der Waals surface area contributed by atoms with Crippen molar-refractivity contribution < 1.29 is 19.4 Å². The van der Waals surface area contributed by atoms with E-state index in [1.165, 1.54) is 6.42 Å². The van der Waals surface area contributed by atoms with Gasteiger partial charge in [-0.15, -0.1) is 0 Å². The molecule has 1 aromatic rings. The fraction of sp³-hybridized carbons (Fsp3) is 0.412. The Labute approximate surface area is 124 Å². The van der Waals surface area contributed by atoms with Crippen LogP contribution < -0.4 is 0 Å². The molecule has 0 saturated heterocycles. The van der Waals surface area contributed by atoms with Crippen molar-refractivity contribution in [1.82, 2.24) is 0 Å². The Morgan fingerprint density at radius 1 is 1.14 bits per heavy atom. The van der Waals surface area contributed by atoms with Gasteiger partial charge >= 0.3 is 11.9 Å². The average molecular weight is 288 g/mol. The van der Waals surface area contributed by atoms with Gasteiger partial charge in [-0.2, -0.15) is 0 Å². The number of carboxylic acid groups (broad SMARTS) is 1. The van der Waals surface area contributed by atoms with Crippen LogP contribution in [0.4, 0.5) is 0 Å². The summed E-state index contributed by atoms with van der Waals surface area (Å²) in [6.45, 7) is 0. The van der Waals surface area contributed by atoms with Gasteiger partial charge in [0.1, 0.15) is 6.10 Å². The van der Waals surface area contributed by atoms with E-state index in [-0.39, 0.29) is 18.1 Å². The number of aliphatic carboxylic acids is 1. The van der Waals surface area contributed by atoms with E-state index in [9.17, 15) is 9.59 Å². The van der Waals surface area contributed by atoms with Gasteiger partial charge in [0.2, 0.25) is 0 Å². The van der Waals surface area contributed by atoms with E-state index in [0.717, 1.165) is 37.3 Å². The summed E-state index contributed by atoms with van der Waals surface area (Å²) in [6.07, 6.45) is 6.21. The van der Waals surface area contributed by atoms with Crippen LogP contribution >= 0.6 is 0 Å². The highest BCUT2D eigenvalue weighted by molar-refractivity contribution is 5.96. The maximum atomic E-state index is 12.2. The summed E-state index contributed by atoms with van der Waals surface area (Å²) in [5, 5.41) is 8.93. The van der Waals surface area contributed by atoms with Crippen LogP contribution in [0.1, 0.15) is 37.7 Å². The zero-order chi connectivity index (χ0) is 15.1. The second-order valence-electron chi connectivity index (χ2n) is 5.34. The molecule has 1 aliphatic rings. The third kappa shape index (κ3) is 5.06. The predicted molar refractivity (Wildman–Crippen MR) is 78.8 cm³/mol. The number of hydrogen-bond donors (Lipinski definition) is 1. The number of esters is 1. The molecule has 0 heterocycles. The number of carboxylic acids is 1. The van der Waals surface area contributed by atoms with Crippen molar-refractivity contribution in [2.45, 2.75) is 44.6 Å². The van der Waals surface area contributed by atoms with Gasteiger partial charge in [-0.1, -0.05) is 36.8 Å². The molecule has 1 fully saturated rings. The highest BCUT2D eigenvalue weighted by Crippen LogP contribution is 2.22. The third-order valence-electron chi connectivity index (χ3n) is 3.62. The predicted octanol–water partition coefficient (Wildman–Crippen LogP) is 3.12. The van der Waals surface area contributed by atoms with Crippen LogP contribution in [0, 0.1) is 0 Å². The molecule has 1 aromatic carbocycles. The molecule has 2 rings (SSSR count). The van der Waals surface area contributed by atoms with Gasteiger partial charge in [-0.05, 0) is 31.2 Å². The van der Waals surface area contributed by atoms with Crippen LogP contribution in [0.2, 0.25) is 0 Å². The van der Waals surface area contributed by atoms with Gasteiger partial charge in [0.05, 0.1) is 0 Å². The number of carbonyl (C=O) groups excluding carboxylic acids is 1. The van der Waals surface area contributed by atoms with Crippen LogP contribution in [0.3, 0.4) is 0 Å². The number of ether oxygens (including phenoxy) is 1. The highest BCUT2D eigenvalue weighted by Gasteiger charge is 2.21. The molecule has 4 heteroatoms. The third-order valence-corrected chi connectivity index (χ3v) is 3.62. The molecular formula is C17H20O4. The first-order chi connectivity index (χ1) is 10.1. The Bertz CT molecular complexity index is 513. The molecule has 0 aliphatic heterocycles. The van der Waals surface area contributed by atoms with Gasteiger partial charge in [0.15, 0.2) is 0 Å². The first-order valence-corrected chi connectivity index (χ1v) is 7.33. The van der Waals surface area contributed by atoms with Crippen LogP contribution in [-0.2, 0) is 20.7 Å². The smallest absolute Gasteiger partial charge is 0.334 e. The average Bonchev–Trinajstić information content (AvgIpc) is 2.48. The maximum absolute atomic E-state index is 12.2. The Kier molecular flexibility index (Phi) is 5.55. The summed E-state index contributed by atoms with van der Waals surface area (Å²) >= 11 is 0. The van der Waals surface area contributed by atoms with Crippen molar-refractivity contribution in [2.24, 2.45) is 0 Å². The lowest BCUT2D eigenvalue weighted by molar-refractivity contribution is -0.146. The highest BCUT2D eigenvalue weighted by atomic mass is 16.5. The lowest BCUT2D eigenvalue weighted by Crippen LogP contribution is -2.23. The fourth-order valence-electron chi connectivity index (χ4n) is 2.56. The van der Waals surface area contributed by atoms with Crippen molar-refractivity contribution >= 4 is 11.9 Å². The molecule has 4 nitrogen and oxygen atoms in total. The minimum absolute atomic E-state index is 0.0702. The number of benzene rings is 1. The Balaban J connectivity index is 2.04. The SMILES string of the molecule is O=C(O)C=C(Cc1ccccc1)C(=O)OC1CCCCC1. The fourth-order valence-corrected chi connectivity index (χ4v) is 2.56. The van der Waals surface area contributed by atoms with E-state index in [1.807, 2.05) is 30.3 Å². The summed E-state index contributed by atoms with van der Waals surface area (Å²) in [5.74, 6) is -1.63. The number of rotatable bonds is 5. The van der Waals surface area contributed by atoms with Crippen molar-refractivity contribution in [2.75, 3.05) is 0 Å². The summed E-state index contributed by atoms with van der Waals surface area (Å²) in [6, 6.07) is 9.33. The van der Waals surface area contributed by atoms with Crippen molar-refractivity contribution in [1.29, 1.82) is 0 Å². The van der Waals surface area contributed by atoms with Gasteiger partial charge < -0.3 is 9.84 Å². The first-order valence-electron chi connectivity index (χ1n) is 7.33. The zero-order valence-electron chi connectivity index (χ0n) is 12.0. The standard InChI is InChI=1S/C17H20O4/c18-16(19)12-14(11-13-7-3-1-4-8-13)17(20)21-15-9-5-2-6-10-15/h1,3-4,7-8,12,15H,2,5-6,9-11H2,(H,18,19). The molecule has 0 amide bonds. The molecular weight excluding hydrogens is 268 g/mol. The second-order valence-corrected chi connectivity index (χ2v) is 5.34. The number of hydrogen-bond acceptors (Lipinski definition) is 3. The van der Waals surface area contributed by atoms with E-state index in [0.29, 0.717) is 0 Å². The molecule has 0 radical (unpaired) electrons. The van der Waals surface area contributed by atoms with Crippen LogP contribution in [0.15, 0.2) is 42.0 Å². The summed E-state index contributed by atoms with van der Waals surface area (Å²) in [5.41, 5.74) is 1.09. The van der Waals surface area contributed by atoms with Crippen LogP contribution in [0.5, 0.6) is 0 Å². The van der Waals surface area contributed by atoms with Crippen LogP contribution in [0.25, 0.3) is 0 Å². The summed E-state index contributed by atoms with van der Waals surface area (Å²) in [4.78, 5) is 23.1. The lowest BCUT2D eigenvalue weighted by Gasteiger charge is -2.22. The number of carbonyl (C=O) groups is 2. The summed E-state index contributed by atoms with van der Waals surface area (Å²) < 4.78 is 5.46. The topological polar surface area (TPSA) is 63.6 Å². The molecule has 1 N–H and O–H groups in total. The van der Waals surface area contributed by atoms with Gasteiger partial charge in [-0.3, -0.25) is 0 Å². The summed E-state index contributed by atoms with van der Waals surface area (Å²) in [7, 11) is 0. The van der Waals surface area contributed by atoms with Crippen LogP contribution in [-0.4, -0.2) is 23.1 Å². The van der Waals surface area contributed by atoms with Crippen molar-refractivity contribution in [3.63, 3.8) is 0 Å². The molecule has 112 valence electrons. The maximum Gasteiger partial charge on any atom is 0.334 e. The van der Waals surface area contributed by atoms with Crippen molar-refractivity contribution in [3.8, 4) is 0 Å². The van der Waals surface area contributed by atoms with E-state index in [1.54, 1.807) is 0 Å².